The van der Waals surface area contributed by atoms with E-state index in [0.29, 0.717) is 17.2 Å². The van der Waals surface area contributed by atoms with Crippen LogP contribution in [0, 0.1) is 6.92 Å². The van der Waals surface area contributed by atoms with Gasteiger partial charge in [-0.15, -0.1) is 0 Å². The number of ether oxygens (including phenoxy) is 1. The standard InChI is InChI=1S/C20H24N2O3S/c1-15-13-18(6-8-20(15)25-2)26(23,24)22-12-9-16-14-17(5-7-19(16)22)21-10-3-4-11-21/h5-8,13-14H,3-4,9-12H2,1-2H3. The first-order valence-electron chi connectivity index (χ1n) is 9.06. The lowest BCUT2D eigenvalue weighted by molar-refractivity contribution is 0.411. The van der Waals surface area contributed by atoms with Gasteiger partial charge in [-0.05, 0) is 73.7 Å². The molecule has 0 aliphatic carbocycles. The third-order valence-corrected chi connectivity index (χ3v) is 7.15. The Balaban J connectivity index is 1.66. The minimum absolute atomic E-state index is 0.312. The molecule has 0 atom stereocenters. The predicted octanol–water partition coefficient (Wildman–Crippen LogP) is 3.36. The first-order valence-corrected chi connectivity index (χ1v) is 10.5. The van der Waals surface area contributed by atoms with Gasteiger partial charge < -0.3 is 9.64 Å². The molecule has 4 rings (SSSR count). The topological polar surface area (TPSA) is 49.9 Å². The summed E-state index contributed by atoms with van der Waals surface area (Å²) in [5.74, 6) is 0.695. The lowest BCUT2D eigenvalue weighted by Gasteiger charge is -2.22. The Kier molecular flexibility index (Phi) is 4.31. The van der Waals surface area contributed by atoms with E-state index in [1.807, 2.05) is 13.0 Å². The van der Waals surface area contributed by atoms with Gasteiger partial charge in [0.1, 0.15) is 5.75 Å². The molecule has 0 saturated carbocycles. The number of anilines is 2. The highest BCUT2D eigenvalue weighted by Crippen LogP contribution is 2.36. The highest BCUT2D eigenvalue weighted by atomic mass is 32.2. The summed E-state index contributed by atoms with van der Waals surface area (Å²) >= 11 is 0. The maximum Gasteiger partial charge on any atom is 0.264 e. The molecule has 0 spiro atoms. The molecule has 1 saturated heterocycles. The summed E-state index contributed by atoms with van der Waals surface area (Å²) in [6.45, 7) is 4.53. The number of nitrogens with zero attached hydrogens (tertiary/aromatic N) is 2. The van der Waals surface area contributed by atoms with Crippen molar-refractivity contribution in [2.45, 2.75) is 31.1 Å². The van der Waals surface area contributed by atoms with Gasteiger partial charge in [-0.3, -0.25) is 4.31 Å². The van der Waals surface area contributed by atoms with Crippen molar-refractivity contribution in [3.63, 3.8) is 0 Å². The quantitative estimate of drug-likeness (QED) is 0.826. The van der Waals surface area contributed by atoms with E-state index in [2.05, 4.69) is 17.0 Å². The summed E-state index contributed by atoms with van der Waals surface area (Å²) in [4.78, 5) is 2.69. The second-order valence-corrected chi connectivity index (χ2v) is 8.83. The van der Waals surface area contributed by atoms with Crippen LogP contribution >= 0.6 is 0 Å². The third-order valence-electron chi connectivity index (χ3n) is 5.34. The molecule has 0 amide bonds. The zero-order valence-electron chi connectivity index (χ0n) is 15.2. The van der Waals surface area contributed by atoms with Crippen LogP contribution in [0.15, 0.2) is 41.3 Å². The van der Waals surface area contributed by atoms with E-state index in [-0.39, 0.29) is 0 Å². The van der Waals surface area contributed by atoms with Crippen LogP contribution in [0.5, 0.6) is 5.75 Å². The molecule has 0 unspecified atom stereocenters. The number of methoxy groups -OCH3 is 1. The second-order valence-electron chi connectivity index (χ2n) is 6.97. The van der Waals surface area contributed by atoms with Crippen molar-refractivity contribution < 1.29 is 13.2 Å². The largest absolute Gasteiger partial charge is 0.496 e. The van der Waals surface area contributed by atoms with Gasteiger partial charge in [-0.25, -0.2) is 8.42 Å². The molecule has 6 heteroatoms. The van der Waals surface area contributed by atoms with Gasteiger partial charge in [0.25, 0.3) is 10.0 Å². The number of benzene rings is 2. The summed E-state index contributed by atoms with van der Waals surface area (Å²) in [7, 11) is -1.98. The normalized spacial score (nSPS) is 16.8. The fourth-order valence-electron chi connectivity index (χ4n) is 3.92. The fourth-order valence-corrected chi connectivity index (χ4v) is 5.51. The smallest absolute Gasteiger partial charge is 0.264 e. The lowest BCUT2D eigenvalue weighted by atomic mass is 10.1. The number of aryl methyl sites for hydroxylation is 1. The maximum atomic E-state index is 13.2. The van der Waals surface area contributed by atoms with Gasteiger partial charge in [-0.2, -0.15) is 0 Å². The van der Waals surface area contributed by atoms with Crippen LogP contribution in [0.25, 0.3) is 0 Å². The average Bonchev–Trinajstić information content (AvgIpc) is 3.30. The molecule has 2 aromatic carbocycles. The summed E-state index contributed by atoms with van der Waals surface area (Å²) < 4.78 is 33.1. The zero-order valence-corrected chi connectivity index (χ0v) is 16.1. The molecule has 2 aliphatic heterocycles. The Morgan fingerprint density at radius 1 is 1.00 bits per heavy atom. The van der Waals surface area contributed by atoms with Crippen LogP contribution in [-0.2, 0) is 16.4 Å². The highest BCUT2D eigenvalue weighted by molar-refractivity contribution is 7.92. The van der Waals surface area contributed by atoms with Gasteiger partial charge in [0.05, 0.1) is 17.7 Å². The van der Waals surface area contributed by atoms with Crippen molar-refractivity contribution in [2.24, 2.45) is 0 Å². The highest BCUT2D eigenvalue weighted by Gasteiger charge is 2.31. The molecule has 2 heterocycles. The Labute approximate surface area is 155 Å². The maximum absolute atomic E-state index is 13.2. The number of hydrogen-bond donors (Lipinski definition) is 0. The van der Waals surface area contributed by atoms with E-state index >= 15 is 0 Å². The van der Waals surface area contributed by atoms with Gasteiger partial charge in [-0.1, -0.05) is 0 Å². The van der Waals surface area contributed by atoms with Crippen LogP contribution in [-0.4, -0.2) is 35.2 Å². The van der Waals surface area contributed by atoms with Crippen LogP contribution in [0.2, 0.25) is 0 Å². The fraction of sp³-hybridized carbons (Fsp3) is 0.400. The SMILES string of the molecule is COc1ccc(S(=O)(=O)N2CCc3cc(N4CCCC4)ccc32)cc1C. The van der Waals surface area contributed by atoms with Gasteiger partial charge in [0.2, 0.25) is 0 Å². The van der Waals surface area contributed by atoms with Gasteiger partial charge in [0.15, 0.2) is 0 Å². The molecule has 138 valence electrons. The number of sulfonamides is 1. The van der Waals surface area contributed by atoms with Crippen LogP contribution in [0.1, 0.15) is 24.0 Å². The van der Waals surface area contributed by atoms with Crippen molar-refractivity contribution in [1.82, 2.24) is 0 Å². The summed E-state index contributed by atoms with van der Waals surface area (Å²) in [5, 5.41) is 0. The van der Waals surface area contributed by atoms with Crippen molar-refractivity contribution >= 4 is 21.4 Å². The molecule has 26 heavy (non-hydrogen) atoms. The Hall–Kier alpha value is -2.21. The minimum Gasteiger partial charge on any atom is -0.496 e. The summed E-state index contributed by atoms with van der Waals surface area (Å²) in [5.41, 5.74) is 3.95. The van der Waals surface area contributed by atoms with E-state index in [0.717, 1.165) is 36.3 Å². The monoisotopic (exact) mass is 372 g/mol. The Morgan fingerprint density at radius 3 is 2.46 bits per heavy atom. The number of rotatable bonds is 4. The van der Waals surface area contributed by atoms with Gasteiger partial charge in [0, 0.05) is 25.3 Å². The Morgan fingerprint density at radius 2 is 1.77 bits per heavy atom. The third kappa shape index (κ3) is 2.82. The Bertz CT molecular complexity index is 934. The van der Waals surface area contributed by atoms with Crippen molar-refractivity contribution in [3.8, 4) is 5.75 Å². The zero-order chi connectivity index (χ0) is 18.3. The molecule has 2 aromatic rings. The van der Waals surface area contributed by atoms with Crippen LogP contribution in [0.4, 0.5) is 11.4 Å². The molecule has 2 aliphatic rings. The molecule has 0 aromatic heterocycles. The molecule has 0 N–H and O–H groups in total. The number of hydrogen-bond acceptors (Lipinski definition) is 4. The molecule has 5 nitrogen and oxygen atoms in total. The molecule has 1 fully saturated rings. The average molecular weight is 372 g/mol. The molecule has 0 radical (unpaired) electrons. The molecular weight excluding hydrogens is 348 g/mol. The van der Waals surface area contributed by atoms with E-state index in [1.54, 1.807) is 25.3 Å². The number of fused-ring (bicyclic) bond motifs is 1. The second kappa shape index (κ2) is 6.50. The van der Waals surface area contributed by atoms with E-state index < -0.39 is 10.0 Å². The predicted molar refractivity (Wildman–Crippen MR) is 104 cm³/mol. The first kappa shape index (κ1) is 17.2. The first-order chi connectivity index (χ1) is 12.5. The van der Waals surface area contributed by atoms with E-state index in [1.165, 1.54) is 22.8 Å². The van der Waals surface area contributed by atoms with Crippen LogP contribution < -0.4 is 13.9 Å². The van der Waals surface area contributed by atoms with E-state index in [9.17, 15) is 8.42 Å². The molecular formula is C20H24N2O3S. The van der Waals surface area contributed by atoms with Crippen molar-refractivity contribution in [2.75, 3.05) is 35.9 Å². The minimum atomic E-state index is -3.57. The summed E-state index contributed by atoms with van der Waals surface area (Å²) in [6, 6.07) is 11.2. The summed E-state index contributed by atoms with van der Waals surface area (Å²) in [6.07, 6.45) is 3.22. The van der Waals surface area contributed by atoms with Crippen LogP contribution in [0.3, 0.4) is 0 Å². The van der Waals surface area contributed by atoms with E-state index in [4.69, 9.17) is 4.74 Å². The van der Waals surface area contributed by atoms with Gasteiger partial charge >= 0.3 is 0 Å². The molecule has 0 bridgehead atoms. The van der Waals surface area contributed by atoms with Crippen molar-refractivity contribution in [3.05, 3.63) is 47.5 Å². The lowest BCUT2D eigenvalue weighted by Crippen LogP contribution is -2.29. The van der Waals surface area contributed by atoms with Crippen molar-refractivity contribution in [1.29, 1.82) is 0 Å².